The number of rotatable bonds is 4. The maximum atomic E-state index is 13.7. The van der Waals surface area contributed by atoms with E-state index in [-0.39, 0.29) is 0 Å². The van der Waals surface area contributed by atoms with Crippen LogP contribution < -0.4 is 10.2 Å². The minimum absolute atomic E-state index is 0.396. The number of hydrogen-bond donors (Lipinski definition) is 1. The molecule has 0 radical (unpaired) electrons. The molecule has 0 fully saturated rings. The fraction of sp³-hybridized carbons (Fsp3) is 0.150. The van der Waals surface area contributed by atoms with E-state index in [4.69, 9.17) is 0 Å². The van der Waals surface area contributed by atoms with Crippen LogP contribution in [0.25, 0.3) is 10.8 Å². The summed E-state index contributed by atoms with van der Waals surface area (Å²) in [6.45, 7) is 1.64. The van der Waals surface area contributed by atoms with Gasteiger partial charge >= 0.3 is 0 Å². The summed E-state index contributed by atoms with van der Waals surface area (Å²) in [5.41, 5.74) is 0.407. The Morgan fingerprint density at radius 3 is 2.38 bits per heavy atom. The van der Waals surface area contributed by atoms with E-state index in [1.807, 2.05) is 42.5 Å². The Labute approximate surface area is 149 Å². The van der Waals surface area contributed by atoms with Gasteiger partial charge < -0.3 is 10.2 Å². The monoisotopic (exact) mass is 358 g/mol. The highest BCUT2D eigenvalue weighted by atomic mass is 19.2. The average molecular weight is 358 g/mol. The van der Waals surface area contributed by atoms with Crippen LogP contribution in [0, 0.1) is 17.5 Å². The lowest BCUT2D eigenvalue weighted by Crippen LogP contribution is -2.39. The lowest BCUT2D eigenvalue weighted by Gasteiger charge is -2.26. The molecule has 3 aromatic carbocycles. The number of halogens is 3. The van der Waals surface area contributed by atoms with Crippen LogP contribution in [0.4, 0.5) is 24.5 Å². The molecule has 1 N–H and O–H groups in total. The molecule has 0 saturated heterocycles. The number of carbonyl (C=O) groups excluding carboxylic acids is 1. The Kier molecular flexibility index (Phi) is 4.84. The number of benzene rings is 3. The van der Waals surface area contributed by atoms with Crippen molar-refractivity contribution in [2.75, 3.05) is 17.3 Å². The van der Waals surface area contributed by atoms with Crippen molar-refractivity contribution in [3.8, 4) is 0 Å². The van der Waals surface area contributed by atoms with E-state index in [1.54, 1.807) is 18.9 Å². The summed E-state index contributed by atoms with van der Waals surface area (Å²) < 4.78 is 40.0. The second kappa shape index (κ2) is 7.07. The molecular weight excluding hydrogens is 341 g/mol. The Hall–Kier alpha value is -3.02. The van der Waals surface area contributed by atoms with Gasteiger partial charge in [0.2, 0.25) is 5.91 Å². The van der Waals surface area contributed by atoms with Gasteiger partial charge in [-0.1, -0.05) is 30.3 Å². The van der Waals surface area contributed by atoms with E-state index in [2.05, 4.69) is 5.32 Å². The highest BCUT2D eigenvalue weighted by Gasteiger charge is 2.21. The number of nitrogens with one attached hydrogen (secondary N) is 1. The average Bonchev–Trinajstić information content (AvgIpc) is 2.66. The SMILES string of the molecule is C[C@@H](C(=O)Nc1ccc(F)c(F)c1F)N(C)c1ccc2ccccc2c1. The van der Waals surface area contributed by atoms with Gasteiger partial charge in [-0.05, 0) is 42.0 Å². The molecular formula is C20H17F3N2O. The van der Waals surface area contributed by atoms with Crippen molar-refractivity contribution in [1.82, 2.24) is 0 Å². The number of hydrogen-bond acceptors (Lipinski definition) is 2. The van der Waals surface area contributed by atoms with Gasteiger partial charge in [0, 0.05) is 12.7 Å². The van der Waals surface area contributed by atoms with Gasteiger partial charge in [0.1, 0.15) is 6.04 Å². The third kappa shape index (κ3) is 3.35. The second-order valence-corrected chi connectivity index (χ2v) is 6.03. The molecule has 0 saturated carbocycles. The van der Waals surface area contributed by atoms with Gasteiger partial charge in [-0.2, -0.15) is 0 Å². The molecule has 6 heteroatoms. The Balaban J connectivity index is 1.79. The first-order valence-corrected chi connectivity index (χ1v) is 8.04. The van der Waals surface area contributed by atoms with Gasteiger partial charge in [-0.25, -0.2) is 13.2 Å². The van der Waals surface area contributed by atoms with Crippen LogP contribution in [0.15, 0.2) is 54.6 Å². The highest BCUT2D eigenvalue weighted by molar-refractivity contribution is 5.97. The summed E-state index contributed by atoms with van der Waals surface area (Å²) in [7, 11) is 1.73. The van der Waals surface area contributed by atoms with E-state index in [0.717, 1.165) is 28.6 Å². The highest BCUT2D eigenvalue weighted by Crippen LogP contribution is 2.24. The van der Waals surface area contributed by atoms with Gasteiger partial charge in [-0.15, -0.1) is 0 Å². The first-order valence-electron chi connectivity index (χ1n) is 8.04. The molecule has 3 aromatic rings. The summed E-state index contributed by atoms with van der Waals surface area (Å²) in [5.74, 6) is -4.87. The summed E-state index contributed by atoms with van der Waals surface area (Å²) >= 11 is 0. The molecule has 1 atom stereocenters. The van der Waals surface area contributed by atoms with E-state index >= 15 is 0 Å². The van der Waals surface area contributed by atoms with Crippen LogP contribution in [0.2, 0.25) is 0 Å². The summed E-state index contributed by atoms with van der Waals surface area (Å²) in [6.07, 6.45) is 0. The fourth-order valence-electron chi connectivity index (χ4n) is 2.66. The first-order chi connectivity index (χ1) is 12.4. The van der Waals surface area contributed by atoms with Crippen LogP contribution in [0.5, 0.6) is 0 Å². The summed E-state index contributed by atoms with van der Waals surface area (Å²) in [6, 6.07) is 14.7. The van der Waals surface area contributed by atoms with Crippen molar-refractivity contribution in [2.45, 2.75) is 13.0 Å². The Bertz CT molecular complexity index is 974. The number of amides is 1. The van der Waals surface area contributed by atoms with Crippen molar-refractivity contribution in [2.24, 2.45) is 0 Å². The molecule has 3 nitrogen and oxygen atoms in total. The van der Waals surface area contributed by atoms with Crippen LogP contribution in [0.1, 0.15) is 6.92 Å². The molecule has 26 heavy (non-hydrogen) atoms. The molecule has 0 aliphatic carbocycles. The molecule has 0 aromatic heterocycles. The predicted octanol–water partition coefficient (Wildman–Crippen LogP) is 4.72. The van der Waals surface area contributed by atoms with E-state index < -0.39 is 35.1 Å². The van der Waals surface area contributed by atoms with Crippen molar-refractivity contribution in [1.29, 1.82) is 0 Å². The number of fused-ring (bicyclic) bond motifs is 1. The zero-order valence-corrected chi connectivity index (χ0v) is 14.3. The van der Waals surface area contributed by atoms with Gasteiger partial charge in [-0.3, -0.25) is 4.79 Å². The number of nitrogens with zero attached hydrogens (tertiary/aromatic N) is 1. The maximum Gasteiger partial charge on any atom is 0.246 e. The van der Waals surface area contributed by atoms with Gasteiger partial charge in [0.25, 0.3) is 0 Å². The van der Waals surface area contributed by atoms with Crippen molar-refractivity contribution in [3.63, 3.8) is 0 Å². The van der Waals surface area contributed by atoms with Gasteiger partial charge in [0.15, 0.2) is 17.5 Å². The van der Waals surface area contributed by atoms with Crippen LogP contribution >= 0.6 is 0 Å². The third-order valence-electron chi connectivity index (χ3n) is 4.39. The first kappa shape index (κ1) is 17.8. The standard InChI is InChI=1S/C20H17F3N2O/c1-12(20(26)24-17-10-9-16(21)18(22)19(17)23)25(2)15-8-7-13-5-3-4-6-14(13)11-15/h3-12H,1-2H3,(H,24,26)/t12-/m0/s1. The van der Waals surface area contributed by atoms with Crippen LogP contribution in [-0.2, 0) is 4.79 Å². The van der Waals surface area contributed by atoms with Crippen molar-refractivity contribution in [3.05, 3.63) is 72.0 Å². The number of carbonyl (C=O) groups is 1. The normalized spacial score (nSPS) is 12.0. The number of anilines is 2. The number of likely N-dealkylation sites (N-methyl/N-ethyl adjacent to an activating group) is 1. The third-order valence-corrected chi connectivity index (χ3v) is 4.39. The van der Waals surface area contributed by atoms with Gasteiger partial charge in [0.05, 0.1) is 5.69 Å². The van der Waals surface area contributed by atoms with E-state index in [0.29, 0.717) is 0 Å². The van der Waals surface area contributed by atoms with E-state index in [9.17, 15) is 18.0 Å². The topological polar surface area (TPSA) is 32.3 Å². The zero-order chi connectivity index (χ0) is 18.8. The fourth-order valence-corrected chi connectivity index (χ4v) is 2.66. The Morgan fingerprint density at radius 1 is 0.962 bits per heavy atom. The molecule has 134 valence electrons. The molecule has 0 aliphatic heterocycles. The minimum Gasteiger partial charge on any atom is -0.363 e. The van der Waals surface area contributed by atoms with Crippen molar-refractivity contribution >= 4 is 28.1 Å². The minimum atomic E-state index is -1.61. The molecule has 0 aliphatic rings. The lowest BCUT2D eigenvalue weighted by atomic mass is 10.1. The lowest BCUT2D eigenvalue weighted by molar-refractivity contribution is -0.117. The zero-order valence-electron chi connectivity index (χ0n) is 14.3. The van der Waals surface area contributed by atoms with Crippen molar-refractivity contribution < 1.29 is 18.0 Å². The Morgan fingerprint density at radius 2 is 1.65 bits per heavy atom. The molecule has 0 unspecified atom stereocenters. The molecule has 0 heterocycles. The molecule has 3 rings (SSSR count). The molecule has 0 spiro atoms. The van der Waals surface area contributed by atoms with Crippen LogP contribution in [0.3, 0.4) is 0 Å². The largest absolute Gasteiger partial charge is 0.363 e. The maximum absolute atomic E-state index is 13.7. The summed E-state index contributed by atoms with van der Waals surface area (Å²) in [4.78, 5) is 14.1. The smallest absolute Gasteiger partial charge is 0.246 e. The predicted molar refractivity (Wildman–Crippen MR) is 96.8 cm³/mol. The van der Waals surface area contributed by atoms with Crippen LogP contribution in [-0.4, -0.2) is 19.0 Å². The summed E-state index contributed by atoms with van der Waals surface area (Å²) in [5, 5.41) is 4.40. The quantitative estimate of drug-likeness (QED) is 0.685. The molecule has 0 bridgehead atoms. The van der Waals surface area contributed by atoms with E-state index in [1.165, 1.54) is 0 Å². The molecule has 1 amide bonds. The second-order valence-electron chi connectivity index (χ2n) is 6.03.